The van der Waals surface area contributed by atoms with Crippen LogP contribution in [0.25, 0.3) is 11.6 Å². The quantitative estimate of drug-likeness (QED) is 0.560. The molecular formula is C24H19N3O4. The van der Waals surface area contributed by atoms with Crippen LogP contribution >= 0.6 is 0 Å². The largest absolute Gasteiger partial charge is 0.497 e. The number of imide groups is 1. The first kappa shape index (κ1) is 19.9. The SMILES string of the molecule is COc1ccc(C(=O)NC(=O)Nc2ccc3c(c2)NC(=O)/C3=C/c2ccccc2)cc1. The van der Waals surface area contributed by atoms with Gasteiger partial charge in [-0.15, -0.1) is 0 Å². The van der Waals surface area contributed by atoms with Crippen LogP contribution in [-0.4, -0.2) is 25.0 Å². The molecule has 7 heteroatoms. The highest BCUT2D eigenvalue weighted by Crippen LogP contribution is 2.35. The number of hydrogen-bond donors (Lipinski definition) is 3. The van der Waals surface area contributed by atoms with E-state index >= 15 is 0 Å². The Morgan fingerprint density at radius 3 is 2.42 bits per heavy atom. The van der Waals surface area contributed by atoms with Gasteiger partial charge in [0, 0.05) is 22.4 Å². The summed E-state index contributed by atoms with van der Waals surface area (Å²) in [6, 6.07) is 20.3. The van der Waals surface area contributed by atoms with Gasteiger partial charge < -0.3 is 15.4 Å². The number of nitrogens with one attached hydrogen (secondary N) is 3. The molecule has 31 heavy (non-hydrogen) atoms. The zero-order valence-electron chi connectivity index (χ0n) is 16.6. The molecule has 0 aliphatic carbocycles. The number of urea groups is 1. The van der Waals surface area contributed by atoms with E-state index in [0.29, 0.717) is 28.3 Å². The number of anilines is 2. The van der Waals surface area contributed by atoms with Crippen molar-refractivity contribution in [2.45, 2.75) is 0 Å². The lowest BCUT2D eigenvalue weighted by atomic mass is 10.0. The monoisotopic (exact) mass is 413 g/mol. The predicted octanol–water partition coefficient (Wildman–Crippen LogP) is 4.15. The van der Waals surface area contributed by atoms with E-state index < -0.39 is 11.9 Å². The third-order valence-corrected chi connectivity index (χ3v) is 4.75. The Balaban J connectivity index is 1.45. The second-order valence-electron chi connectivity index (χ2n) is 6.82. The van der Waals surface area contributed by atoms with Crippen LogP contribution in [0.5, 0.6) is 5.75 Å². The summed E-state index contributed by atoms with van der Waals surface area (Å²) in [5.41, 5.74) is 3.57. The van der Waals surface area contributed by atoms with E-state index in [-0.39, 0.29) is 5.91 Å². The van der Waals surface area contributed by atoms with Crippen molar-refractivity contribution in [2.75, 3.05) is 17.7 Å². The van der Waals surface area contributed by atoms with E-state index in [0.717, 1.165) is 11.1 Å². The van der Waals surface area contributed by atoms with Crippen LogP contribution in [0.15, 0.2) is 72.8 Å². The third-order valence-electron chi connectivity index (χ3n) is 4.75. The number of carbonyl (C=O) groups excluding carboxylic acids is 3. The lowest BCUT2D eigenvalue weighted by molar-refractivity contribution is -0.110. The highest BCUT2D eigenvalue weighted by Gasteiger charge is 2.24. The number of rotatable bonds is 4. The van der Waals surface area contributed by atoms with Gasteiger partial charge in [0.25, 0.3) is 11.8 Å². The third kappa shape index (κ3) is 4.45. The summed E-state index contributed by atoms with van der Waals surface area (Å²) in [6.45, 7) is 0. The Kier molecular flexibility index (Phi) is 5.49. The van der Waals surface area contributed by atoms with Crippen LogP contribution in [0, 0.1) is 0 Å². The smallest absolute Gasteiger partial charge is 0.326 e. The molecule has 1 aliphatic heterocycles. The number of carbonyl (C=O) groups is 3. The number of ether oxygens (including phenoxy) is 1. The Bertz CT molecular complexity index is 1190. The highest BCUT2D eigenvalue weighted by atomic mass is 16.5. The molecule has 0 unspecified atom stereocenters. The van der Waals surface area contributed by atoms with E-state index in [9.17, 15) is 14.4 Å². The van der Waals surface area contributed by atoms with E-state index in [2.05, 4.69) is 16.0 Å². The first-order valence-electron chi connectivity index (χ1n) is 9.52. The summed E-state index contributed by atoms with van der Waals surface area (Å²) < 4.78 is 5.05. The van der Waals surface area contributed by atoms with Crippen molar-refractivity contribution in [1.82, 2.24) is 5.32 Å². The maximum Gasteiger partial charge on any atom is 0.326 e. The zero-order valence-corrected chi connectivity index (χ0v) is 16.6. The van der Waals surface area contributed by atoms with Crippen LogP contribution in [0.4, 0.5) is 16.2 Å². The summed E-state index contributed by atoms with van der Waals surface area (Å²) in [5.74, 6) is -0.139. The van der Waals surface area contributed by atoms with Gasteiger partial charge in [0.05, 0.1) is 12.8 Å². The van der Waals surface area contributed by atoms with E-state index in [1.54, 1.807) is 42.5 Å². The first-order valence-corrected chi connectivity index (χ1v) is 9.52. The maximum atomic E-state index is 12.4. The summed E-state index contributed by atoms with van der Waals surface area (Å²) >= 11 is 0. The van der Waals surface area contributed by atoms with Crippen molar-refractivity contribution in [3.05, 3.63) is 89.5 Å². The van der Waals surface area contributed by atoms with Crippen molar-refractivity contribution in [3.8, 4) is 5.75 Å². The first-order chi connectivity index (χ1) is 15.0. The molecule has 0 radical (unpaired) electrons. The molecule has 0 saturated carbocycles. The molecule has 4 amide bonds. The maximum absolute atomic E-state index is 12.4. The highest BCUT2D eigenvalue weighted by molar-refractivity contribution is 6.35. The molecule has 0 spiro atoms. The van der Waals surface area contributed by atoms with Gasteiger partial charge in [0.1, 0.15) is 5.75 Å². The summed E-state index contributed by atoms with van der Waals surface area (Å²) in [7, 11) is 1.53. The molecule has 0 bridgehead atoms. The van der Waals surface area contributed by atoms with Crippen LogP contribution in [-0.2, 0) is 4.79 Å². The van der Waals surface area contributed by atoms with Gasteiger partial charge in [-0.2, -0.15) is 0 Å². The van der Waals surface area contributed by atoms with Crippen molar-refractivity contribution >= 4 is 40.9 Å². The molecule has 1 heterocycles. The fourth-order valence-electron chi connectivity index (χ4n) is 3.21. The molecule has 154 valence electrons. The minimum atomic E-state index is -0.676. The number of amides is 4. The lowest BCUT2D eigenvalue weighted by Crippen LogP contribution is -2.34. The average Bonchev–Trinajstić information content (AvgIpc) is 3.08. The Hall–Kier alpha value is -4.39. The van der Waals surface area contributed by atoms with E-state index in [1.165, 1.54) is 7.11 Å². The summed E-state index contributed by atoms with van der Waals surface area (Å²) in [5, 5.41) is 7.68. The molecule has 3 aromatic carbocycles. The lowest BCUT2D eigenvalue weighted by Gasteiger charge is -2.09. The van der Waals surface area contributed by atoms with Crippen LogP contribution in [0.2, 0.25) is 0 Å². The Morgan fingerprint density at radius 2 is 1.71 bits per heavy atom. The molecule has 0 aromatic heterocycles. The Morgan fingerprint density at radius 1 is 0.968 bits per heavy atom. The van der Waals surface area contributed by atoms with Crippen molar-refractivity contribution < 1.29 is 19.1 Å². The van der Waals surface area contributed by atoms with Gasteiger partial charge in [-0.05, 0) is 48.0 Å². The molecule has 3 N–H and O–H groups in total. The topological polar surface area (TPSA) is 96.5 Å². The molecule has 0 saturated heterocycles. The van der Waals surface area contributed by atoms with E-state index in [4.69, 9.17) is 4.74 Å². The molecule has 1 aliphatic rings. The molecule has 3 aromatic rings. The molecule has 0 fully saturated rings. The number of benzene rings is 3. The zero-order chi connectivity index (χ0) is 21.8. The van der Waals surface area contributed by atoms with Gasteiger partial charge in [-0.1, -0.05) is 36.4 Å². The van der Waals surface area contributed by atoms with Gasteiger partial charge in [0.2, 0.25) is 0 Å². The van der Waals surface area contributed by atoms with Crippen molar-refractivity contribution in [2.24, 2.45) is 0 Å². The van der Waals surface area contributed by atoms with Crippen molar-refractivity contribution in [3.63, 3.8) is 0 Å². The Labute approximate surface area is 178 Å². The van der Waals surface area contributed by atoms with E-state index in [1.807, 2.05) is 36.4 Å². The second-order valence-corrected chi connectivity index (χ2v) is 6.82. The molecule has 7 nitrogen and oxygen atoms in total. The summed E-state index contributed by atoms with van der Waals surface area (Å²) in [6.07, 6.45) is 1.81. The van der Waals surface area contributed by atoms with Gasteiger partial charge in [0.15, 0.2) is 0 Å². The van der Waals surface area contributed by atoms with Crippen LogP contribution in [0.1, 0.15) is 21.5 Å². The normalized spacial score (nSPS) is 13.3. The predicted molar refractivity (Wildman–Crippen MR) is 119 cm³/mol. The van der Waals surface area contributed by atoms with Gasteiger partial charge in [-0.25, -0.2) is 4.79 Å². The minimum absolute atomic E-state index is 0.213. The fraction of sp³-hybridized carbons (Fsp3) is 0.0417. The molecule has 4 rings (SSSR count). The average molecular weight is 413 g/mol. The molecular weight excluding hydrogens is 394 g/mol. The van der Waals surface area contributed by atoms with Gasteiger partial charge in [-0.3, -0.25) is 14.9 Å². The second kappa shape index (κ2) is 8.54. The fourth-order valence-corrected chi connectivity index (χ4v) is 3.21. The standard InChI is InChI=1S/C24H19N3O4/c1-31-18-10-7-16(8-11-18)22(28)27-24(30)25-17-9-12-19-20(23(29)26-21(19)14-17)13-15-5-3-2-4-6-15/h2-14H,1H3,(H,26,29)(H2,25,27,28,30)/b20-13+. The van der Waals surface area contributed by atoms with Gasteiger partial charge >= 0.3 is 6.03 Å². The molecule has 0 atom stereocenters. The summed E-state index contributed by atoms with van der Waals surface area (Å²) in [4.78, 5) is 36.8. The number of hydrogen-bond acceptors (Lipinski definition) is 4. The van der Waals surface area contributed by atoms with Crippen LogP contribution < -0.4 is 20.7 Å². The number of fused-ring (bicyclic) bond motifs is 1. The number of methoxy groups -OCH3 is 1. The van der Waals surface area contributed by atoms with Crippen molar-refractivity contribution in [1.29, 1.82) is 0 Å². The minimum Gasteiger partial charge on any atom is -0.497 e. The van der Waals surface area contributed by atoms with Crippen LogP contribution in [0.3, 0.4) is 0 Å².